The van der Waals surface area contributed by atoms with E-state index in [4.69, 9.17) is 4.74 Å². The van der Waals surface area contributed by atoms with Crippen molar-refractivity contribution < 1.29 is 14.6 Å². The van der Waals surface area contributed by atoms with Crippen molar-refractivity contribution in [2.24, 2.45) is 5.92 Å². The number of ether oxygens (including phenoxy) is 1. The first kappa shape index (κ1) is 16.0. The van der Waals surface area contributed by atoms with Crippen LogP contribution in [0, 0.1) is 5.92 Å². The standard InChI is InChI=1S/C17H25NO3/c1-13(19)14-7-9-18(10-8-14)12-16-6-4-3-5-15(16)11-17(20)21-2/h3-6,13-14,19H,7-12H2,1-2H3. The number of esters is 1. The first-order valence-electron chi connectivity index (χ1n) is 7.64. The lowest BCUT2D eigenvalue weighted by molar-refractivity contribution is -0.139. The highest BCUT2D eigenvalue weighted by molar-refractivity contribution is 5.72. The van der Waals surface area contributed by atoms with Gasteiger partial charge in [0.1, 0.15) is 0 Å². The average Bonchev–Trinajstić information content (AvgIpc) is 2.49. The molecule has 1 fully saturated rings. The van der Waals surface area contributed by atoms with Gasteiger partial charge in [-0.3, -0.25) is 9.69 Å². The molecule has 1 aliphatic rings. The van der Waals surface area contributed by atoms with Gasteiger partial charge in [0.15, 0.2) is 0 Å². The zero-order valence-corrected chi connectivity index (χ0v) is 12.9. The van der Waals surface area contributed by atoms with E-state index in [0.717, 1.165) is 38.0 Å². The smallest absolute Gasteiger partial charge is 0.309 e. The minimum atomic E-state index is -0.209. The summed E-state index contributed by atoms with van der Waals surface area (Å²) < 4.78 is 4.76. The molecule has 0 spiro atoms. The quantitative estimate of drug-likeness (QED) is 0.843. The molecule has 1 aliphatic heterocycles. The second-order valence-corrected chi connectivity index (χ2v) is 5.88. The highest BCUT2D eigenvalue weighted by Gasteiger charge is 2.23. The molecule has 1 atom stereocenters. The molecule has 0 aliphatic carbocycles. The van der Waals surface area contributed by atoms with Gasteiger partial charge in [-0.05, 0) is 49.9 Å². The Labute approximate surface area is 126 Å². The van der Waals surface area contributed by atoms with E-state index >= 15 is 0 Å². The molecule has 21 heavy (non-hydrogen) atoms. The number of hydrogen-bond acceptors (Lipinski definition) is 4. The predicted molar refractivity (Wildman–Crippen MR) is 81.8 cm³/mol. The second kappa shape index (κ2) is 7.57. The van der Waals surface area contributed by atoms with Crippen LogP contribution in [-0.4, -0.2) is 42.3 Å². The number of nitrogens with zero attached hydrogens (tertiary/aromatic N) is 1. The lowest BCUT2D eigenvalue weighted by Crippen LogP contribution is -2.36. The molecular weight excluding hydrogens is 266 g/mol. The van der Waals surface area contributed by atoms with Gasteiger partial charge in [0.25, 0.3) is 0 Å². The Morgan fingerprint density at radius 1 is 1.33 bits per heavy atom. The first-order valence-corrected chi connectivity index (χ1v) is 7.64. The van der Waals surface area contributed by atoms with Gasteiger partial charge >= 0.3 is 5.97 Å². The molecule has 1 saturated heterocycles. The Balaban J connectivity index is 1.96. The summed E-state index contributed by atoms with van der Waals surface area (Å²) in [4.78, 5) is 13.9. The molecule has 1 aromatic rings. The maximum absolute atomic E-state index is 11.5. The van der Waals surface area contributed by atoms with Crippen LogP contribution in [-0.2, 0) is 22.5 Å². The topological polar surface area (TPSA) is 49.8 Å². The predicted octanol–water partition coefficient (Wildman–Crippen LogP) is 1.99. The Hall–Kier alpha value is -1.39. The third-order valence-electron chi connectivity index (χ3n) is 4.39. The lowest BCUT2D eigenvalue weighted by Gasteiger charge is -2.33. The van der Waals surface area contributed by atoms with Crippen LogP contribution in [0.3, 0.4) is 0 Å². The first-order chi connectivity index (χ1) is 10.1. The van der Waals surface area contributed by atoms with Crippen molar-refractivity contribution in [3.63, 3.8) is 0 Å². The Kier molecular flexibility index (Phi) is 5.76. The molecule has 116 valence electrons. The number of methoxy groups -OCH3 is 1. The number of benzene rings is 1. The van der Waals surface area contributed by atoms with Crippen molar-refractivity contribution >= 4 is 5.97 Å². The third-order valence-corrected chi connectivity index (χ3v) is 4.39. The number of likely N-dealkylation sites (tertiary alicyclic amines) is 1. The van der Waals surface area contributed by atoms with Crippen LogP contribution in [0.4, 0.5) is 0 Å². The van der Waals surface area contributed by atoms with E-state index in [-0.39, 0.29) is 12.1 Å². The summed E-state index contributed by atoms with van der Waals surface area (Å²) in [5.74, 6) is 0.224. The molecule has 1 N–H and O–H groups in total. The van der Waals surface area contributed by atoms with E-state index in [0.29, 0.717) is 12.3 Å². The van der Waals surface area contributed by atoms with Gasteiger partial charge in [-0.25, -0.2) is 0 Å². The van der Waals surface area contributed by atoms with E-state index in [2.05, 4.69) is 11.0 Å². The SMILES string of the molecule is COC(=O)Cc1ccccc1CN1CCC(C(C)O)CC1. The maximum Gasteiger partial charge on any atom is 0.309 e. The van der Waals surface area contributed by atoms with Gasteiger partial charge in [0.05, 0.1) is 19.6 Å². The van der Waals surface area contributed by atoms with E-state index in [9.17, 15) is 9.90 Å². The molecule has 1 aromatic carbocycles. The number of aliphatic hydroxyl groups is 1. The summed E-state index contributed by atoms with van der Waals surface area (Å²) in [5.41, 5.74) is 2.24. The zero-order chi connectivity index (χ0) is 15.2. The molecule has 0 saturated carbocycles. The summed E-state index contributed by atoms with van der Waals surface area (Å²) in [7, 11) is 1.42. The van der Waals surface area contributed by atoms with Gasteiger partial charge in [0.2, 0.25) is 0 Å². The van der Waals surface area contributed by atoms with Gasteiger partial charge in [-0.15, -0.1) is 0 Å². The number of aliphatic hydroxyl groups excluding tert-OH is 1. The summed E-state index contributed by atoms with van der Waals surface area (Å²) in [5, 5.41) is 9.65. The van der Waals surface area contributed by atoms with Crippen molar-refractivity contribution in [1.82, 2.24) is 4.90 Å². The number of rotatable bonds is 5. The Morgan fingerprint density at radius 3 is 2.52 bits per heavy atom. The van der Waals surface area contributed by atoms with Gasteiger partial charge in [-0.1, -0.05) is 24.3 Å². The molecule has 4 nitrogen and oxygen atoms in total. The number of hydrogen-bond donors (Lipinski definition) is 1. The number of carbonyl (C=O) groups excluding carboxylic acids is 1. The van der Waals surface area contributed by atoms with Crippen LogP contribution >= 0.6 is 0 Å². The minimum absolute atomic E-state index is 0.199. The van der Waals surface area contributed by atoms with Crippen molar-refractivity contribution in [2.75, 3.05) is 20.2 Å². The van der Waals surface area contributed by atoms with Crippen LogP contribution in [0.2, 0.25) is 0 Å². The number of piperidine rings is 1. The van der Waals surface area contributed by atoms with Crippen LogP contribution in [0.1, 0.15) is 30.9 Å². The summed E-state index contributed by atoms with van der Waals surface area (Å²) in [6.07, 6.45) is 2.20. The normalized spacial score (nSPS) is 18.4. The molecule has 1 heterocycles. The maximum atomic E-state index is 11.5. The fourth-order valence-electron chi connectivity index (χ4n) is 2.95. The Bertz CT molecular complexity index is 465. The molecule has 1 unspecified atom stereocenters. The minimum Gasteiger partial charge on any atom is -0.469 e. The molecule has 4 heteroatoms. The molecular formula is C17H25NO3. The highest BCUT2D eigenvalue weighted by atomic mass is 16.5. The van der Waals surface area contributed by atoms with Gasteiger partial charge in [-0.2, -0.15) is 0 Å². The summed E-state index contributed by atoms with van der Waals surface area (Å²) in [6, 6.07) is 8.05. The summed E-state index contributed by atoms with van der Waals surface area (Å²) >= 11 is 0. The monoisotopic (exact) mass is 291 g/mol. The van der Waals surface area contributed by atoms with Crippen LogP contribution < -0.4 is 0 Å². The molecule has 0 aromatic heterocycles. The highest BCUT2D eigenvalue weighted by Crippen LogP contribution is 2.22. The van der Waals surface area contributed by atoms with E-state index in [1.54, 1.807) is 0 Å². The van der Waals surface area contributed by atoms with Crippen LogP contribution in [0.15, 0.2) is 24.3 Å². The van der Waals surface area contributed by atoms with Crippen molar-refractivity contribution in [3.05, 3.63) is 35.4 Å². The number of carbonyl (C=O) groups is 1. The van der Waals surface area contributed by atoms with E-state index < -0.39 is 0 Å². The molecule has 2 rings (SSSR count). The molecule has 0 radical (unpaired) electrons. The zero-order valence-electron chi connectivity index (χ0n) is 12.9. The molecule has 0 amide bonds. The lowest BCUT2D eigenvalue weighted by atomic mass is 9.92. The van der Waals surface area contributed by atoms with Gasteiger partial charge < -0.3 is 9.84 Å². The summed E-state index contributed by atoms with van der Waals surface area (Å²) in [6.45, 7) is 4.75. The fraction of sp³-hybridized carbons (Fsp3) is 0.588. The van der Waals surface area contributed by atoms with Crippen molar-refractivity contribution in [1.29, 1.82) is 0 Å². The van der Waals surface area contributed by atoms with Crippen LogP contribution in [0.25, 0.3) is 0 Å². The average molecular weight is 291 g/mol. The van der Waals surface area contributed by atoms with Crippen molar-refractivity contribution in [3.8, 4) is 0 Å². The van der Waals surface area contributed by atoms with Gasteiger partial charge in [0, 0.05) is 6.54 Å². The molecule has 0 bridgehead atoms. The third kappa shape index (κ3) is 4.55. The van der Waals surface area contributed by atoms with E-state index in [1.807, 2.05) is 25.1 Å². The second-order valence-electron chi connectivity index (χ2n) is 5.88. The van der Waals surface area contributed by atoms with Crippen molar-refractivity contribution in [2.45, 2.75) is 38.8 Å². The van der Waals surface area contributed by atoms with Crippen LogP contribution in [0.5, 0.6) is 0 Å². The Morgan fingerprint density at radius 2 is 1.95 bits per heavy atom. The fourth-order valence-corrected chi connectivity index (χ4v) is 2.95. The largest absolute Gasteiger partial charge is 0.469 e. The van der Waals surface area contributed by atoms with E-state index in [1.165, 1.54) is 12.7 Å².